The van der Waals surface area contributed by atoms with Gasteiger partial charge >= 0.3 is 5.97 Å². The maximum Gasteiger partial charge on any atom is 0.326 e. The molecule has 0 amide bonds. The first kappa shape index (κ1) is 14.3. The zero-order valence-electron chi connectivity index (χ0n) is 9.54. The number of hydrogen-bond donors (Lipinski definition) is 2. The Kier molecular flexibility index (Phi) is 5.78. The molecule has 0 spiro atoms. The summed E-state index contributed by atoms with van der Waals surface area (Å²) in [7, 11) is 0. The summed E-state index contributed by atoms with van der Waals surface area (Å²) in [5.41, 5.74) is 0.724. The van der Waals surface area contributed by atoms with Crippen LogP contribution in [-0.2, 0) is 4.79 Å². The lowest BCUT2D eigenvalue weighted by atomic mass is 10.1. The minimum atomic E-state index is -0.836. The normalized spacial score (nSPS) is 12.2. The van der Waals surface area contributed by atoms with Crippen molar-refractivity contribution in [2.75, 3.05) is 5.32 Å². The predicted octanol–water partition coefficient (Wildman–Crippen LogP) is 4.16. The molecule has 0 aliphatic carbocycles. The van der Waals surface area contributed by atoms with Gasteiger partial charge in [0.1, 0.15) is 6.04 Å². The molecule has 1 aromatic carbocycles. The number of hydrogen-bond acceptors (Lipinski definition) is 2. The van der Waals surface area contributed by atoms with Crippen LogP contribution in [-0.4, -0.2) is 17.1 Å². The molecule has 0 saturated carbocycles. The van der Waals surface area contributed by atoms with Crippen molar-refractivity contribution in [3.63, 3.8) is 0 Å². The highest BCUT2D eigenvalue weighted by Gasteiger charge is 2.16. The molecule has 0 aliphatic rings. The van der Waals surface area contributed by atoms with Crippen molar-refractivity contribution in [2.24, 2.45) is 0 Å². The van der Waals surface area contributed by atoms with Crippen LogP contribution in [0.2, 0.25) is 5.02 Å². The van der Waals surface area contributed by atoms with Gasteiger partial charge in [0.2, 0.25) is 0 Å². The van der Waals surface area contributed by atoms with E-state index >= 15 is 0 Å². The van der Waals surface area contributed by atoms with Crippen LogP contribution >= 0.6 is 27.5 Å². The Morgan fingerprint density at radius 2 is 2.29 bits per heavy atom. The number of halogens is 2. The molecular weight excluding hydrogens is 305 g/mol. The lowest BCUT2D eigenvalue weighted by Crippen LogP contribution is -2.29. The highest BCUT2D eigenvalue weighted by Crippen LogP contribution is 2.26. The van der Waals surface area contributed by atoms with Crippen molar-refractivity contribution in [3.05, 3.63) is 27.7 Å². The number of carbonyl (C=O) groups is 1. The van der Waals surface area contributed by atoms with Gasteiger partial charge in [0.05, 0.1) is 5.02 Å². The Balaban J connectivity index is 2.71. The van der Waals surface area contributed by atoms with Crippen LogP contribution in [0, 0.1) is 0 Å². The van der Waals surface area contributed by atoms with Gasteiger partial charge < -0.3 is 10.4 Å². The van der Waals surface area contributed by atoms with Crippen LogP contribution in [0.4, 0.5) is 5.69 Å². The molecule has 0 saturated heterocycles. The van der Waals surface area contributed by atoms with E-state index < -0.39 is 12.0 Å². The molecule has 0 radical (unpaired) electrons. The molecule has 0 aromatic heterocycles. The first-order valence-corrected chi connectivity index (χ1v) is 6.66. The van der Waals surface area contributed by atoms with Gasteiger partial charge in [-0.15, -0.1) is 0 Å². The molecule has 5 heteroatoms. The molecule has 0 fully saturated rings. The van der Waals surface area contributed by atoms with E-state index in [0.29, 0.717) is 11.4 Å². The maximum atomic E-state index is 11.1. The third-order valence-electron chi connectivity index (χ3n) is 2.40. The fraction of sp³-hybridized carbons (Fsp3) is 0.417. The number of unbranched alkanes of at least 4 members (excludes halogenated alkanes) is 1. The molecule has 0 aliphatic heterocycles. The summed E-state index contributed by atoms with van der Waals surface area (Å²) in [4.78, 5) is 11.1. The fourth-order valence-corrected chi connectivity index (χ4v) is 1.88. The third-order valence-corrected chi connectivity index (χ3v) is 3.64. The summed E-state index contributed by atoms with van der Waals surface area (Å²) in [6.07, 6.45) is 2.47. The highest BCUT2D eigenvalue weighted by molar-refractivity contribution is 9.10. The van der Waals surface area contributed by atoms with E-state index in [2.05, 4.69) is 21.2 Å². The fourth-order valence-electron chi connectivity index (χ4n) is 1.45. The van der Waals surface area contributed by atoms with Gasteiger partial charge in [-0.1, -0.05) is 31.4 Å². The molecule has 0 heterocycles. The SMILES string of the molecule is CCCCC(Nc1ccc(Br)c(Cl)c1)C(=O)O. The maximum absolute atomic E-state index is 11.1. The topological polar surface area (TPSA) is 49.3 Å². The Hall–Kier alpha value is -0.740. The van der Waals surface area contributed by atoms with Gasteiger partial charge in [-0.25, -0.2) is 4.79 Å². The van der Waals surface area contributed by atoms with E-state index in [1.165, 1.54) is 0 Å². The average Bonchev–Trinajstić information content (AvgIpc) is 2.28. The lowest BCUT2D eigenvalue weighted by Gasteiger charge is -2.15. The van der Waals surface area contributed by atoms with E-state index in [1.807, 2.05) is 6.92 Å². The summed E-state index contributed by atoms with van der Waals surface area (Å²) in [5.74, 6) is -0.836. The Bertz CT molecular complexity index is 398. The van der Waals surface area contributed by atoms with Gasteiger partial charge in [-0.05, 0) is 40.5 Å². The quantitative estimate of drug-likeness (QED) is 0.827. The molecule has 3 nitrogen and oxygen atoms in total. The second-order valence-electron chi connectivity index (χ2n) is 3.81. The Morgan fingerprint density at radius 3 is 2.82 bits per heavy atom. The molecule has 1 aromatic rings. The first-order chi connectivity index (χ1) is 8.04. The van der Waals surface area contributed by atoms with Crippen molar-refractivity contribution in [1.82, 2.24) is 0 Å². The van der Waals surface area contributed by atoms with E-state index in [-0.39, 0.29) is 0 Å². The van der Waals surface area contributed by atoms with Crippen LogP contribution < -0.4 is 5.32 Å². The van der Waals surface area contributed by atoms with Gasteiger partial charge in [0.25, 0.3) is 0 Å². The zero-order valence-corrected chi connectivity index (χ0v) is 11.9. The number of carboxylic acid groups (broad SMARTS) is 1. The number of carboxylic acids is 1. The van der Waals surface area contributed by atoms with Crippen molar-refractivity contribution in [1.29, 1.82) is 0 Å². The standard InChI is InChI=1S/C12H15BrClNO2/c1-2-3-4-11(12(16)17)15-8-5-6-9(13)10(14)7-8/h5-7,11,15H,2-4H2,1H3,(H,16,17). The zero-order chi connectivity index (χ0) is 12.8. The Morgan fingerprint density at radius 1 is 1.59 bits per heavy atom. The van der Waals surface area contributed by atoms with Gasteiger partial charge in [-0.3, -0.25) is 0 Å². The van der Waals surface area contributed by atoms with Crippen molar-refractivity contribution in [3.8, 4) is 0 Å². The van der Waals surface area contributed by atoms with Crippen LogP contribution in [0.3, 0.4) is 0 Å². The number of nitrogens with one attached hydrogen (secondary N) is 1. The number of anilines is 1. The van der Waals surface area contributed by atoms with Gasteiger partial charge in [0.15, 0.2) is 0 Å². The van der Waals surface area contributed by atoms with Crippen molar-refractivity contribution >= 4 is 39.2 Å². The summed E-state index contributed by atoms with van der Waals surface area (Å²) in [6, 6.07) is 4.75. The summed E-state index contributed by atoms with van der Waals surface area (Å²) >= 11 is 9.24. The summed E-state index contributed by atoms with van der Waals surface area (Å²) in [6.45, 7) is 2.04. The number of benzene rings is 1. The molecular formula is C12H15BrClNO2. The molecule has 94 valence electrons. The van der Waals surface area contributed by atoms with E-state index in [1.54, 1.807) is 18.2 Å². The van der Waals surface area contributed by atoms with E-state index in [9.17, 15) is 4.79 Å². The monoisotopic (exact) mass is 319 g/mol. The average molecular weight is 321 g/mol. The van der Waals surface area contributed by atoms with Crippen LogP contribution in [0.25, 0.3) is 0 Å². The third kappa shape index (κ3) is 4.56. The smallest absolute Gasteiger partial charge is 0.326 e. The van der Waals surface area contributed by atoms with E-state index in [4.69, 9.17) is 16.7 Å². The molecule has 0 bridgehead atoms. The van der Waals surface area contributed by atoms with Crippen LogP contribution in [0.1, 0.15) is 26.2 Å². The molecule has 1 rings (SSSR count). The summed E-state index contributed by atoms with van der Waals surface area (Å²) in [5, 5.41) is 12.6. The van der Waals surface area contributed by atoms with Crippen LogP contribution in [0.5, 0.6) is 0 Å². The largest absolute Gasteiger partial charge is 0.480 e. The Labute approximate surface area is 114 Å². The van der Waals surface area contributed by atoms with Crippen LogP contribution in [0.15, 0.2) is 22.7 Å². The molecule has 2 N–H and O–H groups in total. The lowest BCUT2D eigenvalue weighted by molar-refractivity contribution is -0.138. The minimum Gasteiger partial charge on any atom is -0.480 e. The number of aliphatic carboxylic acids is 1. The van der Waals surface area contributed by atoms with Crippen molar-refractivity contribution in [2.45, 2.75) is 32.2 Å². The van der Waals surface area contributed by atoms with Gasteiger partial charge in [-0.2, -0.15) is 0 Å². The van der Waals surface area contributed by atoms with E-state index in [0.717, 1.165) is 23.0 Å². The first-order valence-electron chi connectivity index (χ1n) is 5.49. The molecule has 1 unspecified atom stereocenters. The second kappa shape index (κ2) is 6.87. The highest BCUT2D eigenvalue weighted by atomic mass is 79.9. The second-order valence-corrected chi connectivity index (χ2v) is 5.07. The molecule has 17 heavy (non-hydrogen) atoms. The van der Waals surface area contributed by atoms with Gasteiger partial charge in [0, 0.05) is 10.2 Å². The van der Waals surface area contributed by atoms with Crippen molar-refractivity contribution < 1.29 is 9.90 Å². The predicted molar refractivity (Wildman–Crippen MR) is 73.7 cm³/mol. The summed E-state index contributed by atoms with van der Waals surface area (Å²) < 4.78 is 0.796. The molecule has 1 atom stereocenters. The minimum absolute atomic E-state index is 0.563. The number of rotatable bonds is 6.